The molecule has 2 unspecified atom stereocenters. The van der Waals surface area contributed by atoms with Gasteiger partial charge in [-0.15, -0.1) is 0 Å². The minimum absolute atomic E-state index is 0.129. The SMILES string of the molecule is COCCNC1=NCCNC12CCCC(C)C2. The van der Waals surface area contributed by atoms with Gasteiger partial charge in [-0.2, -0.15) is 0 Å². The second-order valence-corrected chi connectivity index (χ2v) is 5.36. The Morgan fingerprint density at radius 1 is 1.59 bits per heavy atom. The monoisotopic (exact) mass is 239 g/mol. The number of ether oxygens (including phenoxy) is 1. The van der Waals surface area contributed by atoms with Gasteiger partial charge >= 0.3 is 0 Å². The molecular formula is C13H25N3O. The van der Waals surface area contributed by atoms with Crippen LogP contribution in [0.3, 0.4) is 0 Å². The van der Waals surface area contributed by atoms with E-state index in [2.05, 4.69) is 17.6 Å². The van der Waals surface area contributed by atoms with Gasteiger partial charge < -0.3 is 15.4 Å². The highest BCUT2D eigenvalue weighted by molar-refractivity contribution is 5.92. The summed E-state index contributed by atoms with van der Waals surface area (Å²) in [7, 11) is 1.74. The summed E-state index contributed by atoms with van der Waals surface area (Å²) < 4.78 is 5.09. The molecule has 4 nitrogen and oxygen atoms in total. The first-order valence-corrected chi connectivity index (χ1v) is 6.79. The number of hydrogen-bond acceptors (Lipinski definition) is 4. The van der Waals surface area contributed by atoms with Crippen LogP contribution < -0.4 is 10.6 Å². The number of nitrogens with one attached hydrogen (secondary N) is 2. The van der Waals surface area contributed by atoms with E-state index in [9.17, 15) is 0 Å². The van der Waals surface area contributed by atoms with Gasteiger partial charge in [-0.3, -0.25) is 4.99 Å². The van der Waals surface area contributed by atoms with Crippen molar-refractivity contribution >= 4 is 5.84 Å². The zero-order valence-electron chi connectivity index (χ0n) is 11.1. The first kappa shape index (κ1) is 12.8. The van der Waals surface area contributed by atoms with Crippen molar-refractivity contribution in [3.05, 3.63) is 0 Å². The third-order valence-corrected chi connectivity index (χ3v) is 3.89. The number of rotatable bonds is 3. The molecule has 0 bridgehead atoms. The van der Waals surface area contributed by atoms with Crippen molar-refractivity contribution in [1.29, 1.82) is 0 Å². The molecule has 0 aromatic carbocycles. The lowest BCUT2D eigenvalue weighted by Crippen LogP contribution is -2.62. The van der Waals surface area contributed by atoms with E-state index in [4.69, 9.17) is 9.73 Å². The van der Waals surface area contributed by atoms with E-state index >= 15 is 0 Å². The van der Waals surface area contributed by atoms with Crippen LogP contribution in [0.4, 0.5) is 0 Å². The molecule has 1 aliphatic heterocycles. The molecule has 1 aliphatic carbocycles. The molecule has 0 radical (unpaired) electrons. The quantitative estimate of drug-likeness (QED) is 0.727. The Hall–Kier alpha value is -0.610. The van der Waals surface area contributed by atoms with Crippen molar-refractivity contribution in [2.75, 3.05) is 33.4 Å². The summed E-state index contributed by atoms with van der Waals surface area (Å²) in [6.45, 7) is 5.86. The van der Waals surface area contributed by atoms with E-state index in [0.717, 1.165) is 32.2 Å². The van der Waals surface area contributed by atoms with Crippen LogP contribution in [0.1, 0.15) is 32.6 Å². The highest BCUT2D eigenvalue weighted by Gasteiger charge is 2.40. The van der Waals surface area contributed by atoms with Gasteiger partial charge in [0.25, 0.3) is 0 Å². The molecule has 0 amide bonds. The molecule has 0 aromatic rings. The zero-order chi connectivity index (χ0) is 12.1. The summed E-state index contributed by atoms with van der Waals surface area (Å²) >= 11 is 0. The maximum absolute atomic E-state index is 5.09. The minimum atomic E-state index is 0.129. The van der Waals surface area contributed by atoms with Gasteiger partial charge in [0.2, 0.25) is 0 Å². The number of amidine groups is 1. The summed E-state index contributed by atoms with van der Waals surface area (Å²) in [5, 5.41) is 7.17. The fourth-order valence-electron chi connectivity index (χ4n) is 3.12. The zero-order valence-corrected chi connectivity index (χ0v) is 11.1. The fourth-order valence-corrected chi connectivity index (χ4v) is 3.12. The van der Waals surface area contributed by atoms with Crippen LogP contribution >= 0.6 is 0 Å². The van der Waals surface area contributed by atoms with E-state index in [0.29, 0.717) is 0 Å². The van der Waals surface area contributed by atoms with Crippen molar-refractivity contribution in [1.82, 2.24) is 10.6 Å². The second-order valence-electron chi connectivity index (χ2n) is 5.36. The summed E-state index contributed by atoms with van der Waals surface area (Å²) in [5.74, 6) is 1.97. The molecule has 0 saturated heterocycles. The number of methoxy groups -OCH3 is 1. The molecular weight excluding hydrogens is 214 g/mol. The Balaban J connectivity index is 2.02. The topological polar surface area (TPSA) is 45.6 Å². The molecule has 98 valence electrons. The average molecular weight is 239 g/mol. The Morgan fingerprint density at radius 3 is 3.24 bits per heavy atom. The van der Waals surface area contributed by atoms with Crippen LogP contribution in [-0.2, 0) is 4.74 Å². The lowest BCUT2D eigenvalue weighted by Gasteiger charge is -2.44. The summed E-state index contributed by atoms with van der Waals surface area (Å²) in [6.07, 6.45) is 5.09. The van der Waals surface area contributed by atoms with Crippen molar-refractivity contribution < 1.29 is 4.74 Å². The smallest absolute Gasteiger partial charge is 0.117 e. The van der Waals surface area contributed by atoms with Crippen LogP contribution in [0.25, 0.3) is 0 Å². The van der Waals surface area contributed by atoms with Gasteiger partial charge in [-0.25, -0.2) is 0 Å². The summed E-state index contributed by atoms with van der Waals surface area (Å²) in [5.41, 5.74) is 0.129. The van der Waals surface area contributed by atoms with Gasteiger partial charge in [-0.05, 0) is 18.8 Å². The molecule has 0 aromatic heterocycles. The standard InChI is InChI=1S/C13H25N3O/c1-11-4-3-5-13(10-11)12(14-6-7-16-13)15-8-9-17-2/h11,16H,3-10H2,1-2H3,(H,14,15). The van der Waals surface area contributed by atoms with Crippen molar-refractivity contribution in [2.24, 2.45) is 10.9 Å². The van der Waals surface area contributed by atoms with Crippen LogP contribution in [0.15, 0.2) is 4.99 Å². The molecule has 17 heavy (non-hydrogen) atoms. The lowest BCUT2D eigenvalue weighted by molar-refractivity contribution is 0.200. The molecule has 2 N–H and O–H groups in total. The molecule has 1 saturated carbocycles. The fraction of sp³-hybridized carbons (Fsp3) is 0.923. The predicted octanol–water partition coefficient (Wildman–Crippen LogP) is 1.17. The molecule has 2 rings (SSSR count). The molecule has 1 fully saturated rings. The van der Waals surface area contributed by atoms with Gasteiger partial charge in [0, 0.05) is 20.2 Å². The first-order chi connectivity index (χ1) is 8.27. The normalized spacial score (nSPS) is 33.5. The van der Waals surface area contributed by atoms with Crippen LogP contribution in [0.2, 0.25) is 0 Å². The maximum atomic E-state index is 5.09. The summed E-state index contributed by atoms with van der Waals surface area (Å²) in [4.78, 5) is 4.70. The van der Waals surface area contributed by atoms with Gasteiger partial charge in [0.05, 0.1) is 18.7 Å². The Bertz CT molecular complexity index is 280. The van der Waals surface area contributed by atoms with Gasteiger partial charge in [0.15, 0.2) is 0 Å². The Morgan fingerprint density at radius 2 is 2.47 bits per heavy atom. The Kier molecular flexibility index (Phi) is 4.40. The van der Waals surface area contributed by atoms with E-state index in [-0.39, 0.29) is 5.54 Å². The largest absolute Gasteiger partial charge is 0.383 e. The second kappa shape index (κ2) is 5.83. The molecule has 2 atom stereocenters. The third kappa shape index (κ3) is 2.99. The maximum Gasteiger partial charge on any atom is 0.117 e. The van der Waals surface area contributed by atoms with E-state index in [1.165, 1.54) is 31.5 Å². The van der Waals surface area contributed by atoms with Crippen LogP contribution in [-0.4, -0.2) is 44.7 Å². The molecule has 4 heteroatoms. The van der Waals surface area contributed by atoms with E-state index < -0.39 is 0 Å². The van der Waals surface area contributed by atoms with Crippen molar-refractivity contribution in [3.8, 4) is 0 Å². The number of aliphatic imine (C=N–C) groups is 1. The molecule has 2 aliphatic rings. The average Bonchev–Trinajstić information content (AvgIpc) is 2.32. The van der Waals surface area contributed by atoms with E-state index in [1.54, 1.807) is 7.11 Å². The number of hydrogen-bond donors (Lipinski definition) is 2. The first-order valence-electron chi connectivity index (χ1n) is 6.79. The molecule has 1 heterocycles. The number of nitrogens with zero attached hydrogens (tertiary/aromatic N) is 1. The predicted molar refractivity (Wildman–Crippen MR) is 70.5 cm³/mol. The highest BCUT2D eigenvalue weighted by atomic mass is 16.5. The van der Waals surface area contributed by atoms with Crippen molar-refractivity contribution in [3.63, 3.8) is 0 Å². The lowest BCUT2D eigenvalue weighted by atomic mass is 9.75. The minimum Gasteiger partial charge on any atom is -0.383 e. The van der Waals surface area contributed by atoms with Crippen LogP contribution in [0.5, 0.6) is 0 Å². The Labute approximate surface area is 104 Å². The van der Waals surface area contributed by atoms with E-state index in [1.807, 2.05) is 0 Å². The summed E-state index contributed by atoms with van der Waals surface area (Å²) in [6, 6.07) is 0. The van der Waals surface area contributed by atoms with Gasteiger partial charge in [-0.1, -0.05) is 19.8 Å². The highest BCUT2D eigenvalue weighted by Crippen LogP contribution is 2.33. The van der Waals surface area contributed by atoms with Gasteiger partial charge in [0.1, 0.15) is 5.84 Å². The van der Waals surface area contributed by atoms with Crippen LogP contribution in [0, 0.1) is 5.92 Å². The third-order valence-electron chi connectivity index (χ3n) is 3.89. The van der Waals surface area contributed by atoms with Crippen molar-refractivity contribution in [2.45, 2.75) is 38.1 Å². The molecule has 1 spiro atoms.